The highest BCUT2D eigenvalue weighted by Crippen LogP contribution is 2.43. The Morgan fingerprint density at radius 3 is 2.65 bits per heavy atom. The van der Waals surface area contributed by atoms with Crippen molar-refractivity contribution in [3.05, 3.63) is 34.3 Å². The summed E-state index contributed by atoms with van der Waals surface area (Å²) in [6, 6.07) is 6.03. The average molecular weight is 250 g/mol. The zero-order valence-corrected chi connectivity index (χ0v) is 10.8. The van der Waals surface area contributed by atoms with Gasteiger partial charge in [-0.3, -0.25) is 0 Å². The van der Waals surface area contributed by atoms with Crippen LogP contribution in [0.2, 0.25) is 5.02 Å². The van der Waals surface area contributed by atoms with Gasteiger partial charge < -0.3 is 0 Å². The molecule has 0 aromatic heterocycles. The van der Waals surface area contributed by atoms with Crippen LogP contribution in [0.3, 0.4) is 0 Å². The fourth-order valence-corrected chi connectivity index (χ4v) is 2.89. The molecule has 0 saturated heterocycles. The van der Waals surface area contributed by atoms with E-state index in [4.69, 9.17) is 11.6 Å². The van der Waals surface area contributed by atoms with E-state index in [0.717, 1.165) is 42.7 Å². The minimum atomic E-state index is -0.365. The lowest BCUT2D eigenvalue weighted by atomic mass is 9.87. The Morgan fingerprint density at radius 1 is 1.35 bits per heavy atom. The molecule has 3 heteroatoms. The van der Waals surface area contributed by atoms with Crippen molar-refractivity contribution in [3.8, 4) is 0 Å². The summed E-state index contributed by atoms with van der Waals surface area (Å²) in [7, 11) is 0. The lowest BCUT2D eigenvalue weighted by molar-refractivity contribution is 0.455. The smallest absolute Gasteiger partial charge is 0.211 e. The largest absolute Gasteiger partial charge is 0.235 e. The summed E-state index contributed by atoms with van der Waals surface area (Å²) in [5, 5.41) is 0.728. The summed E-state index contributed by atoms with van der Waals surface area (Å²) in [5.74, 6) is 0. The quantitative estimate of drug-likeness (QED) is 0.588. The molecule has 1 aliphatic rings. The molecule has 0 N–H and O–H groups in total. The third-order valence-corrected chi connectivity index (χ3v) is 3.81. The van der Waals surface area contributed by atoms with Gasteiger partial charge in [-0.15, -0.1) is 0 Å². The molecule has 1 aromatic rings. The number of isocyanates is 1. The van der Waals surface area contributed by atoms with Gasteiger partial charge in [0, 0.05) is 5.02 Å². The van der Waals surface area contributed by atoms with Crippen molar-refractivity contribution in [1.29, 1.82) is 0 Å². The summed E-state index contributed by atoms with van der Waals surface area (Å²) in [5.41, 5.74) is 1.90. The van der Waals surface area contributed by atoms with Crippen molar-refractivity contribution in [3.63, 3.8) is 0 Å². The highest BCUT2D eigenvalue weighted by molar-refractivity contribution is 6.30. The Labute approximate surface area is 107 Å². The van der Waals surface area contributed by atoms with Crippen LogP contribution in [0.25, 0.3) is 0 Å². The van der Waals surface area contributed by atoms with Crippen LogP contribution in [0.1, 0.15) is 43.7 Å². The van der Waals surface area contributed by atoms with E-state index in [1.54, 1.807) is 6.08 Å². The van der Waals surface area contributed by atoms with Crippen LogP contribution in [-0.4, -0.2) is 6.08 Å². The van der Waals surface area contributed by atoms with Gasteiger partial charge in [-0.1, -0.05) is 37.4 Å². The van der Waals surface area contributed by atoms with Crippen molar-refractivity contribution in [2.24, 2.45) is 4.99 Å². The molecular formula is C14H16ClNO. The summed E-state index contributed by atoms with van der Waals surface area (Å²) < 4.78 is 0. The van der Waals surface area contributed by atoms with Gasteiger partial charge in [-0.05, 0) is 42.5 Å². The fourth-order valence-electron chi connectivity index (χ4n) is 2.64. The molecule has 2 nitrogen and oxygen atoms in total. The molecule has 0 heterocycles. The van der Waals surface area contributed by atoms with Gasteiger partial charge in [-0.25, -0.2) is 4.79 Å². The number of hydrogen-bond acceptors (Lipinski definition) is 2. The number of halogens is 1. The summed E-state index contributed by atoms with van der Waals surface area (Å²) in [4.78, 5) is 14.7. The first-order valence-electron chi connectivity index (χ1n) is 6.09. The van der Waals surface area contributed by atoms with E-state index < -0.39 is 0 Å². The zero-order valence-electron chi connectivity index (χ0n) is 10.0. The molecule has 0 unspecified atom stereocenters. The molecule has 0 amide bonds. The molecule has 1 aromatic carbocycles. The van der Waals surface area contributed by atoms with Crippen molar-refractivity contribution in [2.75, 3.05) is 0 Å². The van der Waals surface area contributed by atoms with E-state index in [-0.39, 0.29) is 5.54 Å². The Bertz CT molecular complexity index is 457. The van der Waals surface area contributed by atoms with E-state index in [9.17, 15) is 4.79 Å². The van der Waals surface area contributed by atoms with Gasteiger partial charge in [0.2, 0.25) is 6.08 Å². The number of nitrogens with zero attached hydrogens (tertiary/aromatic N) is 1. The molecule has 1 aliphatic carbocycles. The molecule has 0 radical (unpaired) electrons. The Kier molecular flexibility index (Phi) is 3.66. The van der Waals surface area contributed by atoms with Gasteiger partial charge in [0.25, 0.3) is 0 Å². The van der Waals surface area contributed by atoms with Gasteiger partial charge >= 0.3 is 0 Å². The highest BCUT2D eigenvalue weighted by atomic mass is 35.5. The maximum atomic E-state index is 10.7. The molecule has 90 valence electrons. The minimum absolute atomic E-state index is 0.365. The monoisotopic (exact) mass is 249 g/mol. The van der Waals surface area contributed by atoms with Crippen molar-refractivity contribution in [2.45, 2.75) is 44.6 Å². The van der Waals surface area contributed by atoms with Crippen LogP contribution in [0.5, 0.6) is 0 Å². The third kappa shape index (κ3) is 2.43. The number of aryl methyl sites for hydroxylation is 1. The lowest BCUT2D eigenvalue weighted by Gasteiger charge is -2.23. The topological polar surface area (TPSA) is 29.4 Å². The second-order valence-corrected chi connectivity index (χ2v) is 5.08. The fraction of sp³-hybridized carbons (Fsp3) is 0.500. The van der Waals surface area contributed by atoms with E-state index in [1.165, 1.54) is 5.56 Å². The molecule has 0 atom stereocenters. The van der Waals surface area contributed by atoms with Crippen LogP contribution < -0.4 is 0 Å². The Hall–Kier alpha value is -1.11. The second-order valence-electron chi connectivity index (χ2n) is 4.64. The van der Waals surface area contributed by atoms with Crippen LogP contribution in [0.4, 0.5) is 0 Å². The van der Waals surface area contributed by atoms with E-state index in [2.05, 4.69) is 18.0 Å². The summed E-state index contributed by atoms with van der Waals surface area (Å²) in [6.07, 6.45) is 6.74. The first-order valence-corrected chi connectivity index (χ1v) is 6.47. The molecule has 0 aliphatic heterocycles. The standard InChI is InChI=1S/C14H16ClNO/c1-2-11-7-12(9-13(15)8-11)14(16-10-17)5-3-4-6-14/h7-9H,2-6H2,1H3. The van der Waals surface area contributed by atoms with Crippen LogP contribution >= 0.6 is 11.6 Å². The molecule has 17 heavy (non-hydrogen) atoms. The van der Waals surface area contributed by atoms with E-state index >= 15 is 0 Å². The number of rotatable bonds is 3. The molecule has 0 spiro atoms. The first-order chi connectivity index (χ1) is 8.20. The molecule has 1 fully saturated rings. The predicted octanol–water partition coefficient (Wildman–Crippen LogP) is 4.01. The maximum Gasteiger partial charge on any atom is 0.235 e. The lowest BCUT2D eigenvalue weighted by Crippen LogP contribution is -2.19. The van der Waals surface area contributed by atoms with E-state index in [0.29, 0.717) is 0 Å². The molecule has 1 saturated carbocycles. The van der Waals surface area contributed by atoms with Crippen molar-refractivity contribution < 1.29 is 4.79 Å². The molecule has 2 rings (SSSR count). The van der Waals surface area contributed by atoms with Gasteiger partial charge in [0.15, 0.2) is 0 Å². The Balaban J connectivity index is 2.49. The average Bonchev–Trinajstić information content (AvgIpc) is 2.78. The number of benzene rings is 1. The third-order valence-electron chi connectivity index (χ3n) is 3.59. The van der Waals surface area contributed by atoms with Crippen molar-refractivity contribution in [1.82, 2.24) is 0 Å². The Morgan fingerprint density at radius 2 is 2.06 bits per heavy atom. The van der Waals surface area contributed by atoms with Gasteiger partial charge in [0.05, 0.1) is 5.54 Å². The zero-order chi connectivity index (χ0) is 12.3. The summed E-state index contributed by atoms with van der Waals surface area (Å²) in [6.45, 7) is 2.10. The number of carbonyl (C=O) groups excluding carboxylic acids is 1. The minimum Gasteiger partial charge on any atom is -0.211 e. The normalized spacial score (nSPS) is 17.8. The first kappa shape index (κ1) is 12.3. The molecular weight excluding hydrogens is 234 g/mol. The SMILES string of the molecule is CCc1cc(Cl)cc(C2(N=C=O)CCCC2)c1. The number of hydrogen-bond donors (Lipinski definition) is 0. The van der Waals surface area contributed by atoms with Crippen molar-refractivity contribution >= 4 is 17.7 Å². The van der Waals surface area contributed by atoms with E-state index in [1.807, 2.05) is 12.1 Å². The predicted molar refractivity (Wildman–Crippen MR) is 69.1 cm³/mol. The summed E-state index contributed by atoms with van der Waals surface area (Å²) >= 11 is 6.13. The number of aliphatic imine (C=N–C) groups is 1. The molecule has 0 bridgehead atoms. The highest BCUT2D eigenvalue weighted by Gasteiger charge is 2.35. The van der Waals surface area contributed by atoms with Crippen LogP contribution in [0.15, 0.2) is 23.2 Å². The van der Waals surface area contributed by atoms with Crippen LogP contribution in [0, 0.1) is 0 Å². The van der Waals surface area contributed by atoms with Gasteiger partial charge in [0.1, 0.15) is 0 Å². The van der Waals surface area contributed by atoms with Crippen LogP contribution in [-0.2, 0) is 16.8 Å². The second kappa shape index (κ2) is 5.03. The van der Waals surface area contributed by atoms with Gasteiger partial charge in [-0.2, -0.15) is 4.99 Å². The maximum absolute atomic E-state index is 10.7.